The Balaban J connectivity index is 0.996. The first-order valence-corrected chi connectivity index (χ1v) is 23.8. The van der Waals surface area contributed by atoms with Gasteiger partial charge in [0.25, 0.3) is 0 Å². The van der Waals surface area contributed by atoms with E-state index in [1.165, 1.54) is 11.1 Å². The van der Waals surface area contributed by atoms with E-state index in [9.17, 15) is 55.9 Å². The zero-order valence-electron chi connectivity index (χ0n) is 38.5. The van der Waals surface area contributed by atoms with Crippen molar-refractivity contribution >= 4 is 5.97 Å². The maximum atomic E-state index is 14.8. The molecule has 3 saturated heterocycles. The Morgan fingerprint density at radius 3 is 1.95 bits per heavy atom. The molecule has 0 aromatic carbocycles. The van der Waals surface area contributed by atoms with E-state index in [0.29, 0.717) is 24.7 Å². The summed E-state index contributed by atoms with van der Waals surface area (Å²) < 4.78 is 35.5. The van der Waals surface area contributed by atoms with Gasteiger partial charge in [-0.05, 0) is 117 Å². The number of ether oxygens (including phenoxy) is 6. The molecule has 0 spiro atoms. The Labute approximate surface area is 376 Å². The molecule has 6 fully saturated rings. The number of hydrogen-bond acceptors (Lipinski definition) is 17. The minimum Gasteiger partial charge on any atom is -0.432 e. The second-order valence-electron chi connectivity index (χ2n) is 22.8. The summed E-state index contributed by atoms with van der Waals surface area (Å²) in [7, 11) is 0. The monoisotopic (exact) mass is 913 g/mol. The molecule has 0 bridgehead atoms. The van der Waals surface area contributed by atoms with Gasteiger partial charge in [-0.2, -0.15) is 0 Å². The lowest BCUT2D eigenvalue weighted by atomic mass is 9.38. The summed E-state index contributed by atoms with van der Waals surface area (Å²) in [5, 5.41) is 105. The second kappa shape index (κ2) is 17.5. The van der Waals surface area contributed by atoms with Crippen LogP contribution < -0.4 is 0 Å². The Morgan fingerprint density at radius 1 is 0.641 bits per heavy atom. The number of carbonyl (C=O) groups excluding carboxylic acids is 1. The normalized spacial score (nSPS) is 52.4. The molecule has 5 aliphatic carbocycles. The van der Waals surface area contributed by atoms with Crippen LogP contribution in [0.4, 0.5) is 0 Å². The Bertz CT molecular complexity index is 1740. The van der Waals surface area contributed by atoms with E-state index in [4.69, 9.17) is 28.4 Å². The van der Waals surface area contributed by atoms with Crippen molar-refractivity contribution < 1.29 is 84.3 Å². The minimum absolute atomic E-state index is 0.0217. The van der Waals surface area contributed by atoms with Gasteiger partial charge in [-0.1, -0.05) is 52.7 Å². The van der Waals surface area contributed by atoms with Gasteiger partial charge >= 0.3 is 5.97 Å². The fraction of sp³-hybridized carbons (Fsp3) is 0.936. The van der Waals surface area contributed by atoms with Gasteiger partial charge in [0, 0.05) is 0 Å². The maximum Gasteiger partial charge on any atom is 0.315 e. The number of esters is 1. The molecule has 0 unspecified atom stereocenters. The predicted molar refractivity (Wildman–Crippen MR) is 224 cm³/mol. The van der Waals surface area contributed by atoms with Gasteiger partial charge in [0.15, 0.2) is 12.6 Å². The Kier molecular flexibility index (Phi) is 13.4. The summed E-state index contributed by atoms with van der Waals surface area (Å²) in [5.74, 6) is 0.0488. The van der Waals surface area contributed by atoms with Crippen LogP contribution in [0.15, 0.2) is 11.1 Å². The highest BCUT2D eigenvalue weighted by Gasteiger charge is 2.66. The number of carbonyl (C=O) groups is 1. The second-order valence-corrected chi connectivity index (χ2v) is 22.8. The van der Waals surface area contributed by atoms with Gasteiger partial charge in [0.05, 0.1) is 30.8 Å². The third kappa shape index (κ3) is 7.95. The fourth-order valence-electron chi connectivity index (χ4n) is 14.5. The lowest BCUT2D eigenvalue weighted by Gasteiger charge is -2.67. The highest BCUT2D eigenvalue weighted by Crippen LogP contribution is 2.72. The van der Waals surface area contributed by atoms with Crippen LogP contribution in [0.2, 0.25) is 0 Å². The standard InChI is InChI=1S/C47H76O17/c1-21-30(49)33(52)37(56)40(60-21)63-29-12-14-46(7)27(44(29,4)5)11-13-45(6)23-10-15-47(17-16-43(2,3)18-24(47)22(23)8-9-28(45)46)42(58)64-41-38(57)35(54)32(51)26(62-41)20-59-39-36(55)34(53)31(50)25(19-48)61-39/h21,24-41,48-57H,8-20H2,1-7H3/t21-,24-,25-,26-,27+,28+,29+,30-,31-,32-,33+,34+,35+,36-,37-,38-,39-,40+,41+,45+,46+,47-/m1/s1. The number of rotatable bonds is 8. The van der Waals surface area contributed by atoms with Crippen LogP contribution in [0.1, 0.15) is 119 Å². The van der Waals surface area contributed by atoms with Crippen LogP contribution in [0.3, 0.4) is 0 Å². The molecule has 17 nitrogen and oxygen atoms in total. The van der Waals surface area contributed by atoms with Gasteiger partial charge in [0.1, 0.15) is 67.1 Å². The SMILES string of the molecule is C[C@H]1O[C@@H](O[C@H]2CC[C@]3(C)[C@H]4CCC5=C(CC[C@@]6(C(=O)O[C@@H]7O[C@H](CO[C@@H]8O[C@H](CO)[C@@H](O)[C@H](O)[C@H]8O)[C@@H](O)[C@H](O)[C@H]7O)CCC(C)(C)C[C@H]56)[C@]4(C)CC[C@H]3C2(C)C)[C@H](O)[C@@H](O)[C@@H]1O. The number of aliphatic hydroxyl groups excluding tert-OH is 10. The molecular formula is C47H76O17. The summed E-state index contributed by atoms with van der Waals surface area (Å²) in [4.78, 5) is 14.8. The van der Waals surface area contributed by atoms with Crippen LogP contribution in [0.5, 0.6) is 0 Å². The number of allylic oxidation sites excluding steroid dienone is 2. The van der Waals surface area contributed by atoms with Crippen molar-refractivity contribution in [3.8, 4) is 0 Å². The lowest BCUT2D eigenvalue weighted by Crippen LogP contribution is -2.63. The molecule has 22 atom stereocenters. The number of fused-ring (bicyclic) bond motifs is 6. The van der Waals surface area contributed by atoms with E-state index in [1.54, 1.807) is 6.92 Å². The summed E-state index contributed by atoms with van der Waals surface area (Å²) in [6.07, 6.45) is -13.1. The molecule has 0 aromatic rings. The molecule has 64 heavy (non-hydrogen) atoms. The van der Waals surface area contributed by atoms with Gasteiger partial charge < -0.3 is 79.5 Å². The highest BCUT2D eigenvalue weighted by atomic mass is 16.7. The van der Waals surface area contributed by atoms with Crippen LogP contribution in [0.25, 0.3) is 0 Å². The minimum atomic E-state index is -1.79. The van der Waals surface area contributed by atoms with Crippen molar-refractivity contribution in [1.29, 1.82) is 0 Å². The first-order chi connectivity index (χ1) is 29.9. The molecule has 0 radical (unpaired) electrons. The van der Waals surface area contributed by atoms with Crippen LogP contribution in [-0.4, -0.2) is 168 Å². The summed E-state index contributed by atoms with van der Waals surface area (Å²) in [6.45, 7) is 14.4. The molecule has 10 N–H and O–H groups in total. The quantitative estimate of drug-likeness (QED) is 0.0922. The zero-order valence-corrected chi connectivity index (χ0v) is 38.5. The van der Waals surface area contributed by atoms with Gasteiger partial charge in [-0.25, -0.2) is 0 Å². The van der Waals surface area contributed by atoms with Crippen molar-refractivity contribution in [3.63, 3.8) is 0 Å². The van der Waals surface area contributed by atoms with E-state index in [2.05, 4.69) is 41.5 Å². The van der Waals surface area contributed by atoms with Crippen molar-refractivity contribution in [2.75, 3.05) is 13.2 Å². The Morgan fingerprint density at radius 2 is 1.27 bits per heavy atom. The molecule has 366 valence electrons. The molecule has 3 aliphatic heterocycles. The van der Waals surface area contributed by atoms with E-state index in [-0.39, 0.29) is 33.7 Å². The third-order valence-corrected chi connectivity index (χ3v) is 18.4. The van der Waals surface area contributed by atoms with Crippen molar-refractivity contribution in [1.82, 2.24) is 0 Å². The van der Waals surface area contributed by atoms with Crippen molar-refractivity contribution in [2.24, 2.45) is 44.8 Å². The highest BCUT2D eigenvalue weighted by molar-refractivity contribution is 5.79. The van der Waals surface area contributed by atoms with Crippen molar-refractivity contribution in [3.05, 3.63) is 11.1 Å². The van der Waals surface area contributed by atoms with Gasteiger partial charge in [0.2, 0.25) is 6.29 Å². The molecule has 3 heterocycles. The predicted octanol–water partition coefficient (Wildman–Crippen LogP) is 0.922. The Hall–Kier alpha value is -1.39. The topological polar surface area (TPSA) is 275 Å². The van der Waals surface area contributed by atoms with Gasteiger partial charge in [-0.3, -0.25) is 4.79 Å². The third-order valence-electron chi connectivity index (χ3n) is 18.4. The average Bonchev–Trinajstić information content (AvgIpc) is 3.24. The molecule has 0 amide bonds. The van der Waals surface area contributed by atoms with Crippen molar-refractivity contribution in [2.45, 2.75) is 217 Å². The molecule has 0 aromatic heterocycles. The lowest BCUT2D eigenvalue weighted by molar-refractivity contribution is -0.328. The van der Waals surface area contributed by atoms with E-state index >= 15 is 0 Å². The van der Waals surface area contributed by atoms with E-state index < -0.39 is 117 Å². The van der Waals surface area contributed by atoms with E-state index in [0.717, 1.165) is 57.8 Å². The first kappa shape index (κ1) is 49.0. The largest absolute Gasteiger partial charge is 0.432 e. The molecule has 8 aliphatic rings. The number of hydrogen-bond donors (Lipinski definition) is 10. The van der Waals surface area contributed by atoms with Crippen LogP contribution in [-0.2, 0) is 33.2 Å². The summed E-state index contributed by atoms with van der Waals surface area (Å²) >= 11 is 0. The molecule has 3 saturated carbocycles. The smallest absolute Gasteiger partial charge is 0.315 e. The zero-order chi connectivity index (χ0) is 46.6. The fourth-order valence-corrected chi connectivity index (χ4v) is 14.5. The average molecular weight is 913 g/mol. The van der Waals surface area contributed by atoms with Gasteiger partial charge in [-0.15, -0.1) is 0 Å². The number of aliphatic hydroxyl groups is 10. The van der Waals surface area contributed by atoms with Crippen LogP contribution >= 0.6 is 0 Å². The summed E-state index contributed by atoms with van der Waals surface area (Å²) in [5.41, 5.74) is 1.44. The van der Waals surface area contributed by atoms with E-state index in [1.807, 2.05) is 0 Å². The first-order valence-electron chi connectivity index (χ1n) is 23.8. The molecule has 8 rings (SSSR count). The molecular weight excluding hydrogens is 836 g/mol. The molecule has 17 heteroatoms. The van der Waals surface area contributed by atoms with Crippen LogP contribution in [0, 0.1) is 44.8 Å². The maximum absolute atomic E-state index is 14.8. The summed E-state index contributed by atoms with van der Waals surface area (Å²) in [6, 6.07) is 0.